The van der Waals surface area contributed by atoms with Gasteiger partial charge in [0.05, 0.1) is 13.7 Å². The highest BCUT2D eigenvalue weighted by molar-refractivity contribution is 6.01. The molecule has 0 bridgehead atoms. The first-order valence-electron chi connectivity index (χ1n) is 10.1. The van der Waals surface area contributed by atoms with Crippen molar-refractivity contribution in [1.29, 1.82) is 0 Å². The SMILES string of the molecule is COC(=O)CNC(=O)c1cccc(NC(=O)CNC(=O)c2ccc(-c3ccccc3)cc2)c1. The Kier molecular flexibility index (Phi) is 7.91. The lowest BCUT2D eigenvalue weighted by Crippen LogP contribution is -2.33. The summed E-state index contributed by atoms with van der Waals surface area (Å²) in [5.41, 5.74) is 3.11. The van der Waals surface area contributed by atoms with Crippen LogP contribution in [-0.4, -0.2) is 43.9 Å². The minimum atomic E-state index is -0.571. The molecule has 0 atom stereocenters. The van der Waals surface area contributed by atoms with Crippen LogP contribution < -0.4 is 16.0 Å². The highest BCUT2D eigenvalue weighted by atomic mass is 16.5. The van der Waals surface area contributed by atoms with Gasteiger partial charge in [0, 0.05) is 16.8 Å². The number of nitrogens with one attached hydrogen (secondary N) is 3. The van der Waals surface area contributed by atoms with Crippen molar-refractivity contribution in [3.8, 4) is 11.1 Å². The number of methoxy groups -OCH3 is 1. The van der Waals surface area contributed by atoms with Crippen molar-refractivity contribution in [2.75, 3.05) is 25.5 Å². The van der Waals surface area contributed by atoms with Crippen molar-refractivity contribution in [2.45, 2.75) is 0 Å². The van der Waals surface area contributed by atoms with Gasteiger partial charge < -0.3 is 20.7 Å². The molecule has 0 aromatic heterocycles. The number of anilines is 1. The Morgan fingerprint density at radius 1 is 0.697 bits per heavy atom. The average Bonchev–Trinajstić information content (AvgIpc) is 2.86. The van der Waals surface area contributed by atoms with Crippen molar-refractivity contribution in [3.63, 3.8) is 0 Å². The summed E-state index contributed by atoms with van der Waals surface area (Å²) in [6.45, 7) is -0.498. The van der Waals surface area contributed by atoms with Gasteiger partial charge in [-0.05, 0) is 41.5 Å². The summed E-state index contributed by atoms with van der Waals surface area (Å²) in [5, 5.41) is 7.62. The maximum Gasteiger partial charge on any atom is 0.325 e. The smallest absolute Gasteiger partial charge is 0.325 e. The van der Waals surface area contributed by atoms with E-state index in [0.29, 0.717) is 11.3 Å². The summed E-state index contributed by atoms with van der Waals surface area (Å²) >= 11 is 0. The van der Waals surface area contributed by atoms with Gasteiger partial charge in [0.2, 0.25) is 5.91 Å². The monoisotopic (exact) mass is 445 g/mol. The van der Waals surface area contributed by atoms with E-state index in [2.05, 4.69) is 20.7 Å². The molecule has 3 aromatic rings. The molecule has 0 spiro atoms. The van der Waals surface area contributed by atoms with Gasteiger partial charge in [0.25, 0.3) is 11.8 Å². The third kappa shape index (κ3) is 6.76. The molecule has 3 aromatic carbocycles. The molecule has 33 heavy (non-hydrogen) atoms. The molecular weight excluding hydrogens is 422 g/mol. The van der Waals surface area contributed by atoms with Crippen LogP contribution in [0.1, 0.15) is 20.7 Å². The number of amides is 3. The number of hydrogen-bond acceptors (Lipinski definition) is 5. The molecule has 8 heteroatoms. The van der Waals surface area contributed by atoms with Crippen LogP contribution in [0, 0.1) is 0 Å². The second-order valence-electron chi connectivity index (χ2n) is 7.01. The Morgan fingerprint density at radius 3 is 2.03 bits per heavy atom. The van der Waals surface area contributed by atoms with Crippen molar-refractivity contribution >= 4 is 29.4 Å². The normalized spacial score (nSPS) is 10.1. The first kappa shape index (κ1) is 23.2. The van der Waals surface area contributed by atoms with Gasteiger partial charge in [0.15, 0.2) is 0 Å². The van der Waals surface area contributed by atoms with E-state index in [1.165, 1.54) is 13.2 Å². The molecule has 0 saturated carbocycles. The van der Waals surface area contributed by atoms with Crippen LogP contribution in [-0.2, 0) is 14.3 Å². The molecule has 3 rings (SSSR count). The summed E-state index contributed by atoms with van der Waals surface area (Å²) in [5.74, 6) is -1.88. The fourth-order valence-electron chi connectivity index (χ4n) is 2.98. The van der Waals surface area contributed by atoms with Gasteiger partial charge in [-0.3, -0.25) is 19.2 Å². The average molecular weight is 445 g/mol. The van der Waals surface area contributed by atoms with Crippen LogP contribution in [0.4, 0.5) is 5.69 Å². The summed E-state index contributed by atoms with van der Waals surface area (Å²) in [6.07, 6.45) is 0. The molecule has 3 N–H and O–H groups in total. The van der Waals surface area contributed by atoms with Gasteiger partial charge in [0.1, 0.15) is 6.54 Å². The molecule has 0 radical (unpaired) electrons. The second kappa shape index (κ2) is 11.2. The van der Waals surface area contributed by atoms with Gasteiger partial charge in [-0.1, -0.05) is 48.5 Å². The molecule has 168 valence electrons. The lowest BCUT2D eigenvalue weighted by atomic mass is 10.0. The van der Waals surface area contributed by atoms with E-state index in [-0.39, 0.29) is 24.6 Å². The number of carbonyl (C=O) groups is 4. The van der Waals surface area contributed by atoms with Crippen LogP contribution >= 0.6 is 0 Å². The van der Waals surface area contributed by atoms with E-state index in [0.717, 1.165) is 11.1 Å². The standard InChI is InChI=1S/C25H23N3O5/c1-33-23(30)16-27-25(32)20-8-5-9-21(14-20)28-22(29)15-26-24(31)19-12-10-18(11-13-19)17-6-3-2-4-7-17/h2-14H,15-16H2,1H3,(H,26,31)(H,27,32)(H,28,29). The maximum absolute atomic E-state index is 12.4. The molecular formula is C25H23N3O5. The maximum atomic E-state index is 12.4. The van der Waals surface area contributed by atoms with Crippen LogP contribution in [0.15, 0.2) is 78.9 Å². The van der Waals surface area contributed by atoms with E-state index < -0.39 is 17.8 Å². The van der Waals surface area contributed by atoms with Crippen molar-refractivity contribution in [1.82, 2.24) is 10.6 Å². The molecule has 0 heterocycles. The molecule has 0 aliphatic rings. The first-order chi connectivity index (χ1) is 16.0. The Balaban J connectivity index is 1.51. The van der Waals surface area contributed by atoms with E-state index in [4.69, 9.17) is 0 Å². The molecule has 0 aliphatic heterocycles. The molecule has 0 unspecified atom stereocenters. The summed E-state index contributed by atoms with van der Waals surface area (Å²) < 4.78 is 4.47. The number of carbonyl (C=O) groups excluding carboxylic acids is 4. The number of hydrogen-bond donors (Lipinski definition) is 3. The van der Waals surface area contributed by atoms with Crippen LogP contribution in [0.25, 0.3) is 11.1 Å². The molecule has 0 saturated heterocycles. The fourth-order valence-corrected chi connectivity index (χ4v) is 2.98. The first-order valence-corrected chi connectivity index (χ1v) is 10.1. The summed E-state index contributed by atoms with van der Waals surface area (Å²) in [6, 6.07) is 23.1. The van der Waals surface area contributed by atoms with Gasteiger partial charge in [-0.25, -0.2) is 0 Å². The fraction of sp³-hybridized carbons (Fsp3) is 0.120. The lowest BCUT2D eigenvalue weighted by Gasteiger charge is -2.09. The van der Waals surface area contributed by atoms with E-state index in [1.807, 2.05) is 42.5 Å². The van der Waals surface area contributed by atoms with E-state index in [1.54, 1.807) is 30.3 Å². The Labute approximate surface area is 191 Å². The molecule has 0 aliphatic carbocycles. The predicted octanol–water partition coefficient (Wildman–Crippen LogP) is 2.62. The van der Waals surface area contributed by atoms with Crippen molar-refractivity contribution < 1.29 is 23.9 Å². The quantitative estimate of drug-likeness (QED) is 0.461. The topological polar surface area (TPSA) is 114 Å². The van der Waals surface area contributed by atoms with Crippen LogP contribution in [0.2, 0.25) is 0 Å². The molecule has 8 nitrogen and oxygen atoms in total. The van der Waals surface area contributed by atoms with E-state index >= 15 is 0 Å². The third-order valence-corrected chi connectivity index (χ3v) is 4.69. The molecule has 3 amide bonds. The third-order valence-electron chi connectivity index (χ3n) is 4.69. The lowest BCUT2D eigenvalue weighted by molar-refractivity contribution is -0.139. The number of rotatable bonds is 8. The summed E-state index contributed by atoms with van der Waals surface area (Å²) in [4.78, 5) is 47.8. The van der Waals surface area contributed by atoms with Crippen molar-refractivity contribution in [3.05, 3.63) is 90.0 Å². The largest absolute Gasteiger partial charge is 0.468 e. The zero-order chi connectivity index (χ0) is 23.6. The highest BCUT2D eigenvalue weighted by Gasteiger charge is 2.11. The zero-order valence-corrected chi connectivity index (χ0v) is 18.0. The Hall–Kier alpha value is -4.46. The van der Waals surface area contributed by atoms with Gasteiger partial charge >= 0.3 is 5.97 Å². The minimum Gasteiger partial charge on any atom is -0.468 e. The number of ether oxygens (including phenoxy) is 1. The van der Waals surface area contributed by atoms with Crippen LogP contribution in [0.5, 0.6) is 0 Å². The minimum absolute atomic E-state index is 0.238. The Bertz CT molecular complexity index is 1140. The van der Waals surface area contributed by atoms with Gasteiger partial charge in [-0.15, -0.1) is 0 Å². The predicted molar refractivity (Wildman–Crippen MR) is 124 cm³/mol. The zero-order valence-electron chi connectivity index (χ0n) is 18.0. The second-order valence-corrected chi connectivity index (χ2v) is 7.01. The molecule has 0 fully saturated rings. The summed E-state index contributed by atoms with van der Waals surface area (Å²) in [7, 11) is 1.23. The van der Waals surface area contributed by atoms with Gasteiger partial charge in [-0.2, -0.15) is 0 Å². The number of esters is 1. The van der Waals surface area contributed by atoms with E-state index in [9.17, 15) is 19.2 Å². The van der Waals surface area contributed by atoms with Crippen molar-refractivity contribution in [2.24, 2.45) is 0 Å². The number of benzene rings is 3. The Morgan fingerprint density at radius 2 is 1.33 bits per heavy atom. The van der Waals surface area contributed by atoms with Crippen LogP contribution in [0.3, 0.4) is 0 Å². The highest BCUT2D eigenvalue weighted by Crippen LogP contribution is 2.19.